The highest BCUT2D eigenvalue weighted by atomic mass is 16.5. The van der Waals surface area contributed by atoms with Gasteiger partial charge < -0.3 is 9.84 Å². The normalized spacial score (nSPS) is 42.7. The van der Waals surface area contributed by atoms with Crippen LogP contribution in [-0.2, 0) is 4.74 Å². The van der Waals surface area contributed by atoms with Gasteiger partial charge in [0.25, 0.3) is 0 Å². The van der Waals surface area contributed by atoms with Crippen molar-refractivity contribution in [1.82, 2.24) is 4.90 Å². The fraction of sp³-hybridized carbons (Fsp3) is 1.00. The molecular formula is C19H35NO2. The fourth-order valence-electron chi connectivity index (χ4n) is 5.63. The highest BCUT2D eigenvalue weighted by Crippen LogP contribution is 2.63. The number of β-amino-alcohol motifs (C(OH)–C–C–N with tert-alkyl or cyclic N) is 1. The zero-order valence-electron chi connectivity index (χ0n) is 15.0. The lowest BCUT2D eigenvalue weighted by molar-refractivity contribution is -0.114. The lowest BCUT2D eigenvalue weighted by atomic mass is 9.70. The van der Waals surface area contributed by atoms with Crippen LogP contribution in [0.2, 0.25) is 0 Å². The average Bonchev–Trinajstić information content (AvgIpc) is 2.92. The van der Waals surface area contributed by atoms with Crippen molar-refractivity contribution < 1.29 is 9.84 Å². The summed E-state index contributed by atoms with van der Waals surface area (Å²) in [7, 11) is 0. The number of aliphatic hydroxyl groups is 1. The SMILES string of the molecule is C[C@@H]1CCCCN1C[C@@H](O)CO[C@H]1C(C)(C)[C@H]2CC[C@@]1(C)C2. The molecule has 3 heteroatoms. The van der Waals surface area contributed by atoms with Crippen molar-refractivity contribution in [2.24, 2.45) is 16.7 Å². The molecule has 1 heterocycles. The van der Waals surface area contributed by atoms with E-state index in [9.17, 15) is 5.11 Å². The Morgan fingerprint density at radius 2 is 2.00 bits per heavy atom. The van der Waals surface area contributed by atoms with Crippen molar-refractivity contribution in [2.75, 3.05) is 19.7 Å². The molecule has 0 aromatic heterocycles. The number of hydrogen-bond acceptors (Lipinski definition) is 3. The molecule has 0 aromatic carbocycles. The summed E-state index contributed by atoms with van der Waals surface area (Å²) in [5.41, 5.74) is 0.609. The first-order valence-electron chi connectivity index (χ1n) is 9.36. The molecule has 0 spiro atoms. The number of piperidine rings is 1. The minimum Gasteiger partial charge on any atom is -0.389 e. The second kappa shape index (κ2) is 6.07. The molecule has 0 radical (unpaired) electrons. The van der Waals surface area contributed by atoms with Crippen LogP contribution in [0.4, 0.5) is 0 Å². The van der Waals surface area contributed by atoms with E-state index in [0.717, 1.165) is 19.0 Å². The summed E-state index contributed by atoms with van der Waals surface area (Å²) < 4.78 is 6.32. The van der Waals surface area contributed by atoms with Crippen LogP contribution < -0.4 is 0 Å². The molecule has 3 rings (SSSR count). The van der Waals surface area contributed by atoms with Gasteiger partial charge in [-0.2, -0.15) is 0 Å². The molecule has 3 fully saturated rings. The molecule has 3 nitrogen and oxygen atoms in total. The smallest absolute Gasteiger partial charge is 0.0900 e. The lowest BCUT2D eigenvalue weighted by Crippen LogP contribution is -2.46. The van der Waals surface area contributed by atoms with Gasteiger partial charge in [0.1, 0.15) is 0 Å². The zero-order valence-corrected chi connectivity index (χ0v) is 15.0. The van der Waals surface area contributed by atoms with E-state index in [0.29, 0.717) is 24.2 Å². The quantitative estimate of drug-likeness (QED) is 0.844. The van der Waals surface area contributed by atoms with Crippen molar-refractivity contribution in [1.29, 1.82) is 0 Å². The fourth-order valence-corrected chi connectivity index (χ4v) is 5.63. The molecule has 0 amide bonds. The van der Waals surface area contributed by atoms with E-state index < -0.39 is 0 Å². The Bertz CT molecular complexity index is 392. The van der Waals surface area contributed by atoms with E-state index in [1.165, 1.54) is 38.5 Å². The summed E-state index contributed by atoms with van der Waals surface area (Å²) >= 11 is 0. The number of fused-ring (bicyclic) bond motifs is 2. The molecular weight excluding hydrogens is 274 g/mol. The van der Waals surface area contributed by atoms with Gasteiger partial charge in [0.05, 0.1) is 18.8 Å². The first-order valence-corrected chi connectivity index (χ1v) is 9.36. The van der Waals surface area contributed by atoms with Gasteiger partial charge in [-0.25, -0.2) is 0 Å². The van der Waals surface area contributed by atoms with Gasteiger partial charge in [-0.15, -0.1) is 0 Å². The van der Waals surface area contributed by atoms with E-state index in [-0.39, 0.29) is 11.5 Å². The Hall–Kier alpha value is -0.120. The number of hydrogen-bond donors (Lipinski definition) is 1. The molecule has 22 heavy (non-hydrogen) atoms. The molecule has 128 valence electrons. The van der Waals surface area contributed by atoms with Gasteiger partial charge in [0.2, 0.25) is 0 Å². The minimum atomic E-state index is -0.348. The third-order valence-corrected chi connectivity index (χ3v) is 6.98. The molecule has 2 saturated carbocycles. The van der Waals surface area contributed by atoms with Gasteiger partial charge in [-0.3, -0.25) is 4.90 Å². The Labute approximate surface area is 136 Å². The number of ether oxygens (including phenoxy) is 1. The zero-order chi connectivity index (χ0) is 16.0. The van der Waals surface area contributed by atoms with Gasteiger partial charge >= 0.3 is 0 Å². The van der Waals surface area contributed by atoms with E-state index in [1.54, 1.807) is 0 Å². The van der Waals surface area contributed by atoms with Crippen LogP contribution in [0.25, 0.3) is 0 Å². The molecule has 3 aliphatic rings. The summed E-state index contributed by atoms with van der Waals surface area (Å²) in [5, 5.41) is 10.4. The average molecular weight is 309 g/mol. The highest BCUT2D eigenvalue weighted by molar-refractivity contribution is 5.09. The van der Waals surface area contributed by atoms with E-state index in [2.05, 4.69) is 32.6 Å². The third kappa shape index (κ3) is 2.97. The summed E-state index contributed by atoms with van der Waals surface area (Å²) in [5.74, 6) is 0.807. The van der Waals surface area contributed by atoms with Crippen LogP contribution >= 0.6 is 0 Å². The maximum Gasteiger partial charge on any atom is 0.0900 e. The molecule has 0 unspecified atom stereocenters. The summed E-state index contributed by atoms with van der Waals surface area (Å²) in [4.78, 5) is 2.44. The number of nitrogens with zero attached hydrogens (tertiary/aromatic N) is 1. The first-order chi connectivity index (χ1) is 10.3. The lowest BCUT2D eigenvalue weighted by Gasteiger charge is -2.43. The molecule has 1 saturated heterocycles. The molecule has 5 atom stereocenters. The van der Waals surface area contributed by atoms with Gasteiger partial charge in [0, 0.05) is 12.6 Å². The molecule has 0 aromatic rings. The molecule has 2 bridgehead atoms. The Balaban J connectivity index is 1.51. The van der Waals surface area contributed by atoms with Crippen molar-refractivity contribution in [2.45, 2.75) is 84.5 Å². The second-order valence-corrected chi connectivity index (χ2v) is 9.12. The van der Waals surface area contributed by atoms with Crippen molar-refractivity contribution in [3.63, 3.8) is 0 Å². The van der Waals surface area contributed by atoms with Gasteiger partial charge in [0.15, 0.2) is 0 Å². The largest absolute Gasteiger partial charge is 0.389 e. The Kier molecular flexibility index (Phi) is 4.61. The van der Waals surface area contributed by atoms with Crippen molar-refractivity contribution >= 4 is 0 Å². The van der Waals surface area contributed by atoms with Gasteiger partial charge in [-0.1, -0.05) is 27.2 Å². The third-order valence-electron chi connectivity index (χ3n) is 6.98. The van der Waals surface area contributed by atoms with Crippen LogP contribution in [0.1, 0.15) is 66.2 Å². The number of likely N-dealkylation sites (tertiary alicyclic amines) is 1. The van der Waals surface area contributed by atoms with Crippen LogP contribution in [0, 0.1) is 16.7 Å². The number of aliphatic hydroxyl groups excluding tert-OH is 1. The standard InChI is InChI=1S/C19H35NO2/c1-14-7-5-6-10-20(14)12-16(21)13-22-17-18(2,3)15-8-9-19(17,4)11-15/h14-17,21H,5-13H2,1-4H3/t14-,15+,16-,17+,19+/m1/s1. The minimum absolute atomic E-state index is 0.269. The first kappa shape index (κ1) is 16.7. The van der Waals surface area contributed by atoms with Crippen LogP contribution in [-0.4, -0.2) is 48.0 Å². The van der Waals surface area contributed by atoms with Gasteiger partial charge in [-0.05, 0) is 62.3 Å². The predicted molar refractivity (Wildman–Crippen MR) is 89.9 cm³/mol. The maximum atomic E-state index is 10.4. The summed E-state index contributed by atoms with van der Waals surface area (Å²) in [6, 6.07) is 0.611. The highest BCUT2D eigenvalue weighted by Gasteiger charge is 2.60. The Morgan fingerprint density at radius 1 is 1.23 bits per heavy atom. The summed E-state index contributed by atoms with van der Waals surface area (Å²) in [6.07, 6.45) is 7.80. The van der Waals surface area contributed by atoms with E-state index in [1.807, 2.05) is 0 Å². The van der Waals surface area contributed by atoms with Crippen LogP contribution in [0.5, 0.6) is 0 Å². The van der Waals surface area contributed by atoms with Crippen LogP contribution in [0.3, 0.4) is 0 Å². The molecule has 2 aliphatic carbocycles. The maximum absolute atomic E-state index is 10.4. The predicted octanol–water partition coefficient (Wildman–Crippen LogP) is 3.45. The van der Waals surface area contributed by atoms with Crippen molar-refractivity contribution in [3.05, 3.63) is 0 Å². The second-order valence-electron chi connectivity index (χ2n) is 9.12. The molecule has 1 N–H and O–H groups in total. The topological polar surface area (TPSA) is 32.7 Å². The Morgan fingerprint density at radius 3 is 2.64 bits per heavy atom. The monoisotopic (exact) mass is 309 g/mol. The van der Waals surface area contributed by atoms with E-state index >= 15 is 0 Å². The van der Waals surface area contributed by atoms with E-state index in [4.69, 9.17) is 4.74 Å². The summed E-state index contributed by atoms with van der Waals surface area (Å²) in [6.45, 7) is 11.8. The number of rotatable bonds is 5. The van der Waals surface area contributed by atoms with Crippen LogP contribution in [0.15, 0.2) is 0 Å². The van der Waals surface area contributed by atoms with Crippen molar-refractivity contribution in [3.8, 4) is 0 Å². The molecule has 1 aliphatic heterocycles.